The third-order valence-electron chi connectivity index (χ3n) is 5.53. The summed E-state index contributed by atoms with van der Waals surface area (Å²) in [7, 11) is 1.89. The van der Waals surface area contributed by atoms with E-state index in [4.69, 9.17) is 10.5 Å². The number of hydrogen-bond acceptors (Lipinski definition) is 3. The number of carbonyl (C=O) groups excluding carboxylic acids is 1. The van der Waals surface area contributed by atoms with Crippen LogP contribution in [0.1, 0.15) is 31.2 Å². The second kappa shape index (κ2) is 5.90. The SMILES string of the molecule is CN(Cc1ccc2cc[nH]c2c1)C(=O)C1CC2(CC(N)CCO2)C1. The Morgan fingerprint density at radius 2 is 2.21 bits per heavy atom. The molecule has 2 heterocycles. The Hall–Kier alpha value is -1.85. The maximum atomic E-state index is 12.7. The molecule has 5 nitrogen and oxygen atoms in total. The number of nitrogens with two attached hydrogens (primary N) is 1. The molecule has 1 aromatic heterocycles. The molecule has 1 aliphatic carbocycles. The highest BCUT2D eigenvalue weighted by Gasteiger charge is 2.50. The molecule has 1 saturated carbocycles. The topological polar surface area (TPSA) is 71.4 Å². The highest BCUT2D eigenvalue weighted by atomic mass is 16.5. The van der Waals surface area contributed by atoms with Crippen molar-refractivity contribution < 1.29 is 9.53 Å². The van der Waals surface area contributed by atoms with Gasteiger partial charge in [-0.05, 0) is 48.8 Å². The highest BCUT2D eigenvalue weighted by molar-refractivity contribution is 5.81. The number of nitrogens with one attached hydrogen (secondary N) is 1. The largest absolute Gasteiger partial charge is 0.375 e. The van der Waals surface area contributed by atoms with E-state index < -0.39 is 0 Å². The Morgan fingerprint density at radius 1 is 1.38 bits per heavy atom. The van der Waals surface area contributed by atoms with E-state index in [0.717, 1.165) is 43.4 Å². The Bertz CT molecular complexity index is 748. The molecular weight excluding hydrogens is 302 g/mol. The molecule has 2 aromatic rings. The summed E-state index contributed by atoms with van der Waals surface area (Å²) in [6.45, 7) is 1.37. The minimum Gasteiger partial charge on any atom is -0.375 e. The summed E-state index contributed by atoms with van der Waals surface area (Å²) in [6, 6.07) is 8.57. The summed E-state index contributed by atoms with van der Waals surface area (Å²) in [5.74, 6) is 0.296. The van der Waals surface area contributed by atoms with Gasteiger partial charge in [-0.15, -0.1) is 0 Å². The monoisotopic (exact) mass is 327 g/mol. The average molecular weight is 327 g/mol. The van der Waals surface area contributed by atoms with Gasteiger partial charge in [0.05, 0.1) is 5.60 Å². The number of fused-ring (bicyclic) bond motifs is 1. The predicted molar refractivity (Wildman–Crippen MR) is 93.4 cm³/mol. The van der Waals surface area contributed by atoms with Crippen LogP contribution in [0.2, 0.25) is 0 Å². The molecule has 1 saturated heterocycles. The normalized spacial score (nSPS) is 29.6. The van der Waals surface area contributed by atoms with Gasteiger partial charge in [0.25, 0.3) is 0 Å². The van der Waals surface area contributed by atoms with Crippen molar-refractivity contribution in [2.75, 3.05) is 13.7 Å². The van der Waals surface area contributed by atoms with Crippen LogP contribution >= 0.6 is 0 Å². The van der Waals surface area contributed by atoms with Gasteiger partial charge >= 0.3 is 0 Å². The van der Waals surface area contributed by atoms with Crippen molar-refractivity contribution in [1.29, 1.82) is 0 Å². The maximum absolute atomic E-state index is 12.7. The molecule has 1 amide bonds. The highest BCUT2D eigenvalue weighted by Crippen LogP contribution is 2.46. The van der Waals surface area contributed by atoms with E-state index in [1.165, 1.54) is 5.39 Å². The van der Waals surface area contributed by atoms with Crippen LogP contribution in [0.25, 0.3) is 10.9 Å². The minimum absolute atomic E-state index is 0.0783. The fourth-order valence-electron chi connectivity index (χ4n) is 4.22. The number of benzene rings is 1. The van der Waals surface area contributed by atoms with Crippen LogP contribution in [0.15, 0.2) is 30.5 Å². The molecule has 2 aliphatic rings. The second-order valence-electron chi connectivity index (χ2n) is 7.48. The summed E-state index contributed by atoms with van der Waals surface area (Å²) >= 11 is 0. The van der Waals surface area contributed by atoms with E-state index in [9.17, 15) is 4.79 Å². The van der Waals surface area contributed by atoms with Gasteiger partial charge in [0.15, 0.2) is 0 Å². The molecule has 0 bridgehead atoms. The number of hydrogen-bond donors (Lipinski definition) is 2. The fraction of sp³-hybridized carbons (Fsp3) is 0.526. The summed E-state index contributed by atoms with van der Waals surface area (Å²) in [6.07, 6.45) is 5.40. The van der Waals surface area contributed by atoms with Crippen molar-refractivity contribution in [3.63, 3.8) is 0 Å². The van der Waals surface area contributed by atoms with Crippen LogP contribution < -0.4 is 5.73 Å². The first-order chi connectivity index (χ1) is 11.5. The lowest BCUT2D eigenvalue weighted by Gasteiger charge is -2.51. The number of amides is 1. The van der Waals surface area contributed by atoms with Crippen molar-refractivity contribution in [3.05, 3.63) is 36.0 Å². The molecular formula is C19H25N3O2. The summed E-state index contributed by atoms with van der Waals surface area (Å²) in [5, 5.41) is 1.19. The lowest BCUT2D eigenvalue weighted by Crippen LogP contribution is -2.56. The molecule has 4 rings (SSSR count). The van der Waals surface area contributed by atoms with Crippen molar-refractivity contribution >= 4 is 16.8 Å². The van der Waals surface area contributed by atoms with Crippen LogP contribution in [-0.2, 0) is 16.1 Å². The molecule has 1 atom stereocenters. The molecule has 5 heteroatoms. The van der Waals surface area contributed by atoms with E-state index in [0.29, 0.717) is 6.54 Å². The average Bonchev–Trinajstić information content (AvgIpc) is 2.99. The van der Waals surface area contributed by atoms with E-state index in [1.54, 1.807) is 0 Å². The molecule has 1 unspecified atom stereocenters. The van der Waals surface area contributed by atoms with Gasteiger partial charge < -0.3 is 20.4 Å². The van der Waals surface area contributed by atoms with Crippen molar-refractivity contribution in [2.24, 2.45) is 11.7 Å². The number of nitrogens with zero attached hydrogens (tertiary/aromatic N) is 1. The third-order valence-corrected chi connectivity index (χ3v) is 5.53. The Kier molecular flexibility index (Phi) is 3.85. The number of carbonyl (C=O) groups is 1. The minimum atomic E-state index is -0.123. The van der Waals surface area contributed by atoms with E-state index >= 15 is 0 Å². The zero-order chi connectivity index (χ0) is 16.7. The first-order valence-electron chi connectivity index (χ1n) is 8.75. The van der Waals surface area contributed by atoms with Crippen LogP contribution in [0.5, 0.6) is 0 Å². The van der Waals surface area contributed by atoms with Gasteiger partial charge in [-0.3, -0.25) is 4.79 Å². The van der Waals surface area contributed by atoms with Gasteiger partial charge in [-0.2, -0.15) is 0 Å². The maximum Gasteiger partial charge on any atom is 0.225 e. The third kappa shape index (κ3) is 2.82. The molecule has 3 N–H and O–H groups in total. The molecule has 1 aromatic carbocycles. The van der Waals surface area contributed by atoms with E-state index in [-0.39, 0.29) is 23.5 Å². The smallest absolute Gasteiger partial charge is 0.225 e. The lowest BCUT2D eigenvalue weighted by molar-refractivity contribution is -0.175. The first kappa shape index (κ1) is 15.7. The molecule has 0 radical (unpaired) electrons. The molecule has 24 heavy (non-hydrogen) atoms. The number of H-pyrrole nitrogens is 1. The summed E-state index contributed by atoms with van der Waals surface area (Å²) in [4.78, 5) is 17.7. The molecule has 2 fully saturated rings. The Balaban J connectivity index is 1.36. The number of ether oxygens (including phenoxy) is 1. The van der Waals surface area contributed by atoms with Gasteiger partial charge in [0.2, 0.25) is 5.91 Å². The molecule has 1 aliphatic heterocycles. The summed E-state index contributed by atoms with van der Waals surface area (Å²) in [5.41, 5.74) is 8.19. The predicted octanol–water partition coefficient (Wildman–Crippen LogP) is 2.41. The first-order valence-corrected chi connectivity index (χ1v) is 8.75. The lowest BCUT2D eigenvalue weighted by atomic mass is 9.66. The van der Waals surface area contributed by atoms with Crippen LogP contribution in [0, 0.1) is 5.92 Å². The van der Waals surface area contributed by atoms with Crippen LogP contribution in [0.4, 0.5) is 0 Å². The van der Waals surface area contributed by atoms with Crippen molar-refractivity contribution in [1.82, 2.24) is 9.88 Å². The van der Waals surface area contributed by atoms with Gasteiger partial charge in [0.1, 0.15) is 0 Å². The standard InChI is InChI=1S/C19H25N3O2/c1-22(12-13-2-3-14-4-6-21-17(14)8-13)18(23)15-9-19(10-15)11-16(20)5-7-24-19/h2-4,6,8,15-16,21H,5,7,9-12,20H2,1H3. The number of aromatic nitrogens is 1. The molecule has 128 valence electrons. The van der Waals surface area contributed by atoms with Gasteiger partial charge in [0, 0.05) is 43.9 Å². The number of rotatable bonds is 3. The Morgan fingerprint density at radius 3 is 3.00 bits per heavy atom. The van der Waals surface area contributed by atoms with Gasteiger partial charge in [-0.25, -0.2) is 0 Å². The zero-order valence-electron chi connectivity index (χ0n) is 14.1. The van der Waals surface area contributed by atoms with Crippen molar-refractivity contribution in [3.8, 4) is 0 Å². The quantitative estimate of drug-likeness (QED) is 0.909. The van der Waals surface area contributed by atoms with Crippen LogP contribution in [-0.4, -0.2) is 41.1 Å². The van der Waals surface area contributed by atoms with Crippen LogP contribution in [0.3, 0.4) is 0 Å². The van der Waals surface area contributed by atoms with E-state index in [1.807, 2.05) is 18.1 Å². The second-order valence-corrected chi connectivity index (χ2v) is 7.48. The van der Waals surface area contributed by atoms with Gasteiger partial charge in [-0.1, -0.05) is 12.1 Å². The van der Waals surface area contributed by atoms with Crippen molar-refractivity contribution in [2.45, 2.75) is 43.9 Å². The van der Waals surface area contributed by atoms with E-state index in [2.05, 4.69) is 29.2 Å². The fourth-order valence-corrected chi connectivity index (χ4v) is 4.22. The zero-order valence-corrected chi connectivity index (χ0v) is 14.1. The Labute approximate surface area is 142 Å². The number of aromatic amines is 1. The molecule has 1 spiro atoms. The summed E-state index contributed by atoms with van der Waals surface area (Å²) < 4.78 is 5.93.